The van der Waals surface area contributed by atoms with Gasteiger partial charge in [0.15, 0.2) is 4.77 Å². The van der Waals surface area contributed by atoms with E-state index in [4.69, 9.17) is 12.2 Å². The normalized spacial score (nSPS) is 11.1. The first-order valence-electron chi connectivity index (χ1n) is 5.45. The van der Waals surface area contributed by atoms with Gasteiger partial charge in [0.1, 0.15) is 11.6 Å². The van der Waals surface area contributed by atoms with Gasteiger partial charge in [0.05, 0.1) is 5.69 Å². The van der Waals surface area contributed by atoms with Gasteiger partial charge in [-0.05, 0) is 30.8 Å². The molecule has 0 amide bonds. The van der Waals surface area contributed by atoms with Crippen LogP contribution in [0.25, 0.3) is 5.69 Å². The Balaban J connectivity index is 2.77. The Bertz CT molecular complexity index is 578. The van der Waals surface area contributed by atoms with Gasteiger partial charge in [-0.3, -0.25) is 9.67 Å². The van der Waals surface area contributed by atoms with Crippen LogP contribution in [0.4, 0.5) is 4.39 Å². The molecule has 5 heteroatoms. The highest BCUT2D eigenvalue weighted by Gasteiger charge is 2.16. The molecule has 3 nitrogen and oxygen atoms in total. The molecular formula is C12H14FN3S. The van der Waals surface area contributed by atoms with Crippen molar-refractivity contribution in [2.75, 3.05) is 0 Å². The van der Waals surface area contributed by atoms with Crippen LogP contribution in [0.1, 0.15) is 31.2 Å². The summed E-state index contributed by atoms with van der Waals surface area (Å²) in [4.78, 5) is 0. The predicted molar refractivity (Wildman–Crippen MR) is 67.5 cm³/mol. The Kier molecular flexibility index (Phi) is 3.11. The standard InChI is InChI=1S/C12H14FN3S/c1-7(2)11-14-15-12(17)16(11)10-8(3)5-4-6-9(10)13/h4-7H,1-3H3,(H,15,17). The minimum atomic E-state index is -0.288. The largest absolute Gasteiger partial charge is 0.269 e. The number of hydrogen-bond donors (Lipinski definition) is 1. The number of benzene rings is 1. The molecule has 1 aromatic carbocycles. The summed E-state index contributed by atoms with van der Waals surface area (Å²) < 4.78 is 16.0. The van der Waals surface area contributed by atoms with Gasteiger partial charge < -0.3 is 0 Å². The van der Waals surface area contributed by atoms with E-state index >= 15 is 0 Å². The molecule has 2 aromatic rings. The lowest BCUT2D eigenvalue weighted by molar-refractivity contribution is 0.609. The first kappa shape index (κ1) is 12.0. The van der Waals surface area contributed by atoms with Gasteiger partial charge in [-0.15, -0.1) is 0 Å². The molecule has 2 rings (SSSR count). The summed E-state index contributed by atoms with van der Waals surface area (Å²) in [6, 6.07) is 4.98. The Labute approximate surface area is 104 Å². The fourth-order valence-corrected chi connectivity index (χ4v) is 2.05. The average molecular weight is 251 g/mol. The molecule has 0 saturated carbocycles. The zero-order valence-electron chi connectivity index (χ0n) is 9.99. The highest BCUT2D eigenvalue weighted by Crippen LogP contribution is 2.23. The van der Waals surface area contributed by atoms with E-state index in [1.54, 1.807) is 10.6 Å². The summed E-state index contributed by atoms with van der Waals surface area (Å²) in [6.45, 7) is 5.85. The second-order valence-corrected chi connectivity index (χ2v) is 4.67. The van der Waals surface area contributed by atoms with Crippen molar-refractivity contribution < 1.29 is 4.39 Å². The fourth-order valence-electron chi connectivity index (χ4n) is 1.82. The van der Waals surface area contributed by atoms with Gasteiger partial charge in [0, 0.05) is 5.92 Å². The zero-order valence-corrected chi connectivity index (χ0v) is 10.8. The molecule has 0 bridgehead atoms. The van der Waals surface area contributed by atoms with Gasteiger partial charge >= 0.3 is 0 Å². The molecular weight excluding hydrogens is 237 g/mol. The number of aromatic nitrogens is 3. The zero-order chi connectivity index (χ0) is 12.6. The minimum Gasteiger partial charge on any atom is -0.269 e. The number of H-pyrrole nitrogens is 1. The molecule has 0 spiro atoms. The molecule has 0 aliphatic heterocycles. The van der Waals surface area contributed by atoms with Crippen LogP contribution in [-0.2, 0) is 0 Å². The summed E-state index contributed by atoms with van der Waals surface area (Å²) >= 11 is 5.17. The second kappa shape index (κ2) is 4.41. The minimum absolute atomic E-state index is 0.168. The highest BCUT2D eigenvalue weighted by molar-refractivity contribution is 7.71. The quantitative estimate of drug-likeness (QED) is 0.829. The summed E-state index contributed by atoms with van der Waals surface area (Å²) in [5.41, 5.74) is 1.32. The third-order valence-electron chi connectivity index (χ3n) is 2.63. The van der Waals surface area contributed by atoms with E-state index in [1.807, 2.05) is 26.8 Å². The van der Waals surface area contributed by atoms with Crippen LogP contribution in [0.3, 0.4) is 0 Å². The van der Waals surface area contributed by atoms with E-state index in [1.165, 1.54) is 6.07 Å². The molecule has 90 valence electrons. The molecule has 0 saturated heterocycles. The maximum Gasteiger partial charge on any atom is 0.199 e. The van der Waals surface area contributed by atoms with Crippen molar-refractivity contribution in [2.24, 2.45) is 0 Å². The van der Waals surface area contributed by atoms with Crippen molar-refractivity contribution >= 4 is 12.2 Å². The van der Waals surface area contributed by atoms with Gasteiger partial charge in [-0.2, -0.15) is 5.10 Å². The smallest absolute Gasteiger partial charge is 0.199 e. The van der Waals surface area contributed by atoms with Crippen molar-refractivity contribution in [3.8, 4) is 5.69 Å². The van der Waals surface area contributed by atoms with Gasteiger partial charge in [-0.1, -0.05) is 26.0 Å². The first-order chi connectivity index (χ1) is 8.02. The molecule has 0 unspecified atom stereocenters. The predicted octanol–water partition coefficient (Wildman–Crippen LogP) is 3.50. The van der Waals surface area contributed by atoms with Crippen LogP contribution in [0.5, 0.6) is 0 Å². The van der Waals surface area contributed by atoms with Crippen molar-refractivity contribution in [1.29, 1.82) is 0 Å². The Morgan fingerprint density at radius 3 is 2.71 bits per heavy atom. The molecule has 1 aromatic heterocycles. The maximum atomic E-state index is 13.9. The SMILES string of the molecule is Cc1cccc(F)c1-n1c(C(C)C)n[nH]c1=S. The van der Waals surface area contributed by atoms with Crippen molar-refractivity contribution in [3.05, 3.63) is 40.2 Å². The van der Waals surface area contributed by atoms with Crippen LogP contribution in [-0.4, -0.2) is 14.8 Å². The van der Waals surface area contributed by atoms with Crippen molar-refractivity contribution in [2.45, 2.75) is 26.7 Å². The highest BCUT2D eigenvalue weighted by atomic mass is 32.1. The number of rotatable bonds is 2. The molecule has 0 radical (unpaired) electrons. The van der Waals surface area contributed by atoms with Crippen LogP contribution in [0.15, 0.2) is 18.2 Å². The topological polar surface area (TPSA) is 33.6 Å². The van der Waals surface area contributed by atoms with Crippen molar-refractivity contribution in [1.82, 2.24) is 14.8 Å². The molecule has 0 atom stereocenters. The number of halogens is 1. The molecule has 1 N–H and O–H groups in total. The molecule has 0 aliphatic rings. The third kappa shape index (κ3) is 2.02. The van der Waals surface area contributed by atoms with Crippen LogP contribution in [0.2, 0.25) is 0 Å². The molecule has 0 fully saturated rings. The Hall–Kier alpha value is -1.49. The number of nitrogens with zero attached hydrogens (tertiary/aromatic N) is 2. The Morgan fingerprint density at radius 1 is 1.41 bits per heavy atom. The van der Waals surface area contributed by atoms with Gasteiger partial charge in [0.2, 0.25) is 0 Å². The van der Waals surface area contributed by atoms with Crippen molar-refractivity contribution in [3.63, 3.8) is 0 Å². The number of aromatic amines is 1. The number of nitrogens with one attached hydrogen (secondary N) is 1. The number of aryl methyl sites for hydroxylation is 1. The van der Waals surface area contributed by atoms with E-state index in [0.29, 0.717) is 10.5 Å². The maximum absolute atomic E-state index is 13.9. The summed E-state index contributed by atoms with van der Waals surface area (Å²) in [6.07, 6.45) is 0. The van der Waals surface area contributed by atoms with E-state index in [-0.39, 0.29) is 11.7 Å². The van der Waals surface area contributed by atoms with E-state index in [0.717, 1.165) is 11.4 Å². The summed E-state index contributed by atoms with van der Waals surface area (Å²) in [5.74, 6) is 0.620. The third-order valence-corrected chi connectivity index (χ3v) is 2.90. The molecule has 1 heterocycles. The molecule has 17 heavy (non-hydrogen) atoms. The monoisotopic (exact) mass is 251 g/mol. The summed E-state index contributed by atoms with van der Waals surface area (Å²) in [7, 11) is 0. The van der Waals surface area contributed by atoms with Crippen LogP contribution >= 0.6 is 12.2 Å². The summed E-state index contributed by atoms with van der Waals surface area (Å²) in [5, 5.41) is 6.87. The first-order valence-corrected chi connectivity index (χ1v) is 5.86. The lowest BCUT2D eigenvalue weighted by atomic mass is 10.1. The van der Waals surface area contributed by atoms with Crippen LogP contribution in [0, 0.1) is 17.5 Å². The lowest BCUT2D eigenvalue weighted by Gasteiger charge is -2.12. The van der Waals surface area contributed by atoms with Crippen LogP contribution < -0.4 is 0 Å². The van der Waals surface area contributed by atoms with E-state index in [2.05, 4.69) is 10.2 Å². The van der Waals surface area contributed by atoms with E-state index < -0.39 is 0 Å². The second-order valence-electron chi connectivity index (χ2n) is 4.28. The number of hydrogen-bond acceptors (Lipinski definition) is 2. The lowest BCUT2D eigenvalue weighted by Crippen LogP contribution is -2.07. The van der Waals surface area contributed by atoms with E-state index in [9.17, 15) is 4.39 Å². The van der Waals surface area contributed by atoms with Gasteiger partial charge in [-0.25, -0.2) is 4.39 Å². The van der Waals surface area contributed by atoms with Gasteiger partial charge in [0.25, 0.3) is 0 Å². The molecule has 0 aliphatic carbocycles. The number of para-hydroxylation sites is 1. The average Bonchev–Trinajstić information content (AvgIpc) is 2.61. The fraction of sp³-hybridized carbons (Fsp3) is 0.333. The Morgan fingerprint density at radius 2 is 2.12 bits per heavy atom.